The molecule has 0 amide bonds. The highest BCUT2D eigenvalue weighted by atomic mass is 35.5. The van der Waals surface area contributed by atoms with Crippen molar-refractivity contribution < 1.29 is 80.7 Å². The number of aryl methyl sites for hydroxylation is 1. The number of nitrogens with one attached hydrogen (secondary N) is 1. The first-order chi connectivity index (χ1) is 63.1. The zero-order valence-corrected chi connectivity index (χ0v) is 73.8. The maximum absolute atomic E-state index is 11.8. The molecule has 652 valence electrons. The zero-order chi connectivity index (χ0) is 90.1. The van der Waals surface area contributed by atoms with Gasteiger partial charge in [-0.05, 0) is 145 Å². The molecule has 1 N–H and O–H groups in total. The predicted molar refractivity (Wildman–Crippen MR) is 508 cm³/mol. The maximum Gasteiger partial charge on any atom is 0.231 e. The van der Waals surface area contributed by atoms with Gasteiger partial charge in [-0.15, -0.1) is 11.3 Å². The number of aromatic nitrogens is 1. The Kier molecular flexibility index (Phi) is 24.5. The Morgan fingerprint density at radius 3 is 1.61 bits per heavy atom. The molecular formula is C105H85Cl2N5O17S. The Hall–Kier alpha value is -14.7. The number of para-hydroxylation sites is 4. The number of carbonyl (C=O) groups is 9. The summed E-state index contributed by atoms with van der Waals surface area (Å²) in [6.07, 6.45) is 1.86. The second-order valence-electron chi connectivity index (χ2n) is 32.3. The van der Waals surface area contributed by atoms with Crippen molar-refractivity contribution in [2.45, 2.75) is 39.7 Å². The van der Waals surface area contributed by atoms with E-state index in [1.807, 2.05) is 216 Å². The lowest BCUT2D eigenvalue weighted by molar-refractivity contribution is 0.0922. The van der Waals surface area contributed by atoms with Gasteiger partial charge in [0.05, 0.1) is 33.3 Å². The van der Waals surface area contributed by atoms with Crippen LogP contribution in [0, 0.1) is 5.92 Å². The Labute approximate surface area is 760 Å². The van der Waals surface area contributed by atoms with Crippen LogP contribution in [0.4, 0.5) is 22.7 Å². The van der Waals surface area contributed by atoms with Gasteiger partial charge in [-0.3, -0.25) is 43.2 Å². The molecule has 0 saturated carbocycles. The van der Waals surface area contributed by atoms with E-state index < -0.39 is 0 Å². The van der Waals surface area contributed by atoms with Gasteiger partial charge >= 0.3 is 0 Å². The van der Waals surface area contributed by atoms with Gasteiger partial charge in [0, 0.05) is 187 Å². The Balaban J connectivity index is 0.0000000989. The predicted octanol–water partition coefficient (Wildman–Crippen LogP) is 22.0. The van der Waals surface area contributed by atoms with Crippen molar-refractivity contribution in [2.24, 2.45) is 5.92 Å². The molecule has 25 heteroatoms. The number of fused-ring (bicyclic) bond motifs is 21. The smallest absolute Gasteiger partial charge is 0.231 e. The molecule has 13 heterocycles. The van der Waals surface area contributed by atoms with Gasteiger partial charge < -0.3 is 62.2 Å². The summed E-state index contributed by atoms with van der Waals surface area (Å²) in [5.74, 6) is 5.93. The third-order valence-electron chi connectivity index (χ3n) is 23.9. The molecule has 0 radical (unpaired) electrons. The quantitative estimate of drug-likeness (QED) is 0.160. The summed E-state index contributed by atoms with van der Waals surface area (Å²) in [5, 5.41) is 13.4. The minimum absolute atomic E-state index is 0.00620. The van der Waals surface area contributed by atoms with Crippen molar-refractivity contribution in [1.82, 2.24) is 4.57 Å². The summed E-state index contributed by atoms with van der Waals surface area (Å²) in [6, 6.07) is 77.4. The minimum atomic E-state index is -0.00620. The third-order valence-corrected chi connectivity index (χ3v) is 25.6. The fourth-order valence-corrected chi connectivity index (χ4v) is 18.8. The van der Waals surface area contributed by atoms with Crippen LogP contribution in [0.25, 0.3) is 74.7 Å². The van der Waals surface area contributed by atoms with E-state index in [-0.39, 0.29) is 97.8 Å². The number of carbonyl (C=O) groups excluding carboxylic acids is 9. The van der Waals surface area contributed by atoms with E-state index >= 15 is 0 Å². The molecule has 10 aliphatic heterocycles. The molecule has 0 aliphatic carbocycles. The molecular weight excluding hydrogens is 1710 g/mol. The van der Waals surface area contributed by atoms with Crippen molar-refractivity contribution in [1.29, 1.82) is 0 Å². The fraction of sp³-hybridized carbons (Fsp3) is 0.190. The van der Waals surface area contributed by atoms with Crippen molar-refractivity contribution in [2.75, 3.05) is 107 Å². The Morgan fingerprint density at radius 2 is 0.900 bits per heavy atom. The van der Waals surface area contributed by atoms with E-state index in [1.165, 1.54) is 26.4 Å². The van der Waals surface area contributed by atoms with Crippen LogP contribution in [0.15, 0.2) is 247 Å². The molecule has 130 heavy (non-hydrogen) atoms. The lowest BCUT2D eigenvalue weighted by atomic mass is 9.93. The molecule has 10 aliphatic rings. The van der Waals surface area contributed by atoms with Crippen LogP contribution in [0.5, 0.6) is 40.2 Å². The standard InChI is InChI=1S/C16H13NO2.C14H8O3.C14H8O2S.C12H8O2.C11H12ClNO.C10H10ClNO.C10H11NO.C9H9NO.C9H6O4/c1-2-17-13-6-4-3-5-10(13)11-8-16-12(7-14(11)17)15(18)9-19-16;15-11-7-16-13-5-9-8-3-1-2-4-12(8)17-14(9)6-10(11)13;15-11-7-16-12-5-9-8-3-1-2-4-13(8)17-14(9)6-10(11)12;13-10-7-14-11-6-5-8-3-1-2-4-9(8)12(10)11;1-7-6-13(2)10-5-8(12)3-4-9(10)11(7)14;1-12-5-4-10(13)8-6-7(11)2-3-9(8)12;1-11-7-6-10(12)8-4-2-3-5-9(8)11;11-9-5-6-10-8-4-2-1-3-7(8)9;10-6-3-11-7-2-9-8(1-5(6)7)12-4-13-9/h3-8H,2,9H2,1H3;2*1-6H,7H2;1-6H,7H2;3-5,7H,6H2,1-2H3;2-3,6H,4-5H2,1H3;2-5H,6-7H2,1H3;1-4,10H,5-6H2;1-2H,3-4H2. The first-order valence-electron chi connectivity index (χ1n) is 42.6. The number of thiophene rings is 1. The number of nitrogens with zero attached hydrogens (tertiary/aromatic N) is 4. The van der Waals surface area contributed by atoms with Crippen LogP contribution in [0.1, 0.15) is 126 Å². The Morgan fingerprint density at radius 1 is 0.362 bits per heavy atom. The lowest BCUT2D eigenvalue weighted by Crippen LogP contribution is -2.35. The summed E-state index contributed by atoms with van der Waals surface area (Å²) in [4.78, 5) is 110. The van der Waals surface area contributed by atoms with Gasteiger partial charge in [0.25, 0.3) is 0 Å². The SMILES string of the molecule is CC1CN(C)c2cc(Cl)ccc2C1=O.CCn1c2ccccc2c2cc3c(cc21)C(=O)CO3.CN1CCC(=O)c2cc(Cl)ccc21.CN1CCC(=O)c2ccccc21.O=C1CCNc2ccccc21.O=C1COc2cc3c(cc21)OCO3.O=C1COc2cc3c(cc21)oc1ccccc13.O=C1COc2cc3c(cc21)sc1ccccc13.O=C1COc2ccc3ccccc3c21. The number of rotatable bonds is 1. The topological polar surface area (TPSA) is 258 Å². The van der Waals surface area contributed by atoms with Crippen molar-refractivity contribution in [3.8, 4) is 40.2 Å². The van der Waals surface area contributed by atoms with E-state index in [0.29, 0.717) is 74.7 Å². The summed E-state index contributed by atoms with van der Waals surface area (Å²) in [6.45, 7) is 9.17. The molecule has 0 fully saturated rings. The normalized spacial score (nSPS) is 15.6. The second-order valence-corrected chi connectivity index (χ2v) is 34.2. The number of hydrogen-bond donors (Lipinski definition) is 1. The fourth-order valence-electron chi connectivity index (χ4n) is 17.3. The molecule has 26 rings (SSSR count). The largest absolute Gasteiger partial charge is 0.485 e. The van der Waals surface area contributed by atoms with Gasteiger partial charge in [-0.2, -0.15) is 0 Å². The summed E-state index contributed by atoms with van der Waals surface area (Å²) >= 11 is 13.4. The van der Waals surface area contributed by atoms with E-state index in [2.05, 4.69) is 55.8 Å². The third kappa shape index (κ3) is 17.3. The molecule has 22 nitrogen and oxygen atoms in total. The lowest BCUT2D eigenvalue weighted by Gasteiger charge is -2.30. The molecule has 1 unspecified atom stereocenters. The number of anilines is 4. The minimum Gasteiger partial charge on any atom is -0.485 e. The van der Waals surface area contributed by atoms with Gasteiger partial charge in [0.2, 0.25) is 35.7 Å². The molecule has 1 atom stereocenters. The van der Waals surface area contributed by atoms with E-state index in [9.17, 15) is 43.2 Å². The van der Waals surface area contributed by atoms with Crippen LogP contribution < -0.4 is 53.2 Å². The highest BCUT2D eigenvalue weighted by Gasteiger charge is 2.32. The molecule has 16 aromatic rings. The Bertz CT molecular complexity index is 7200. The monoisotopic (exact) mass is 1790 g/mol. The molecule has 3 aromatic heterocycles. The highest BCUT2D eigenvalue weighted by Crippen LogP contribution is 2.44. The highest BCUT2D eigenvalue weighted by molar-refractivity contribution is 7.25. The van der Waals surface area contributed by atoms with Crippen molar-refractivity contribution >= 4 is 184 Å². The zero-order valence-electron chi connectivity index (χ0n) is 71.5. The maximum atomic E-state index is 11.8. The second kappa shape index (κ2) is 37.0. The number of ether oxygens (including phenoxy) is 7. The number of Topliss-reactive ketones (excluding diaryl/α,β-unsaturated/α-hetero) is 9. The van der Waals surface area contributed by atoms with Gasteiger partial charge in [-0.1, -0.05) is 139 Å². The number of benzene rings is 13. The summed E-state index contributed by atoms with van der Waals surface area (Å²) < 4.78 is 47.3. The van der Waals surface area contributed by atoms with Crippen LogP contribution in [0.3, 0.4) is 0 Å². The van der Waals surface area contributed by atoms with Gasteiger partial charge in [0.1, 0.15) is 39.9 Å². The average Bonchev–Trinajstić information content (AvgIpc) is 1.62. The number of halogens is 2. The summed E-state index contributed by atoms with van der Waals surface area (Å²) in [7, 11) is 5.99. The number of hydrogen-bond acceptors (Lipinski definition) is 22. The first kappa shape index (κ1) is 86.1. The molecule has 13 aromatic carbocycles. The van der Waals surface area contributed by atoms with Gasteiger partial charge in [0.15, 0.2) is 67.7 Å². The van der Waals surface area contributed by atoms with Crippen molar-refractivity contribution in [3.05, 3.63) is 303 Å². The van der Waals surface area contributed by atoms with Crippen LogP contribution in [-0.2, 0) is 6.54 Å². The van der Waals surface area contributed by atoms with Crippen LogP contribution >= 0.6 is 34.5 Å². The summed E-state index contributed by atoms with van der Waals surface area (Å²) in [5.41, 5.74) is 14.5. The van der Waals surface area contributed by atoms with Crippen LogP contribution in [0.2, 0.25) is 10.0 Å². The van der Waals surface area contributed by atoms with E-state index in [1.54, 1.807) is 41.7 Å². The van der Waals surface area contributed by atoms with Gasteiger partial charge in [-0.25, -0.2) is 0 Å². The molecule has 0 spiro atoms. The van der Waals surface area contributed by atoms with Crippen LogP contribution in [-0.4, -0.2) is 144 Å². The molecule has 0 saturated heterocycles. The first-order valence-corrected chi connectivity index (χ1v) is 44.2. The van der Waals surface area contributed by atoms with E-state index in [0.717, 1.165) is 149 Å². The van der Waals surface area contributed by atoms with E-state index in [4.69, 9.17) is 60.8 Å². The number of ketones is 9. The molecule has 0 bridgehead atoms. The average molecular weight is 1790 g/mol. The van der Waals surface area contributed by atoms with Crippen molar-refractivity contribution in [3.63, 3.8) is 0 Å². The number of furan rings is 1.